The van der Waals surface area contributed by atoms with Crippen LogP contribution in [0.5, 0.6) is 0 Å². The van der Waals surface area contributed by atoms with Gasteiger partial charge in [0.25, 0.3) is 0 Å². The molecular formula is C17H21ClFN3. The fourth-order valence-corrected chi connectivity index (χ4v) is 2.69. The summed E-state index contributed by atoms with van der Waals surface area (Å²) in [4.78, 5) is 11.8. The Kier molecular flexibility index (Phi) is 5.14. The van der Waals surface area contributed by atoms with E-state index < -0.39 is 0 Å². The lowest BCUT2D eigenvalue weighted by molar-refractivity contribution is 0.306. The summed E-state index contributed by atoms with van der Waals surface area (Å²) < 4.78 is 13.2. The predicted octanol–water partition coefficient (Wildman–Crippen LogP) is 3.82. The van der Waals surface area contributed by atoms with Crippen molar-refractivity contribution in [1.82, 2.24) is 14.9 Å². The lowest BCUT2D eigenvalue weighted by atomic mass is 9.98. The molecule has 2 aromatic rings. The molecule has 2 heterocycles. The molecule has 1 aromatic carbocycles. The lowest BCUT2D eigenvalue weighted by Gasteiger charge is -2.26. The van der Waals surface area contributed by atoms with Gasteiger partial charge in [-0.2, -0.15) is 0 Å². The molecule has 0 aliphatic carbocycles. The van der Waals surface area contributed by atoms with E-state index in [9.17, 15) is 4.39 Å². The molecule has 0 radical (unpaired) electrons. The molecule has 3 nitrogen and oxygen atoms in total. The zero-order chi connectivity index (χ0) is 15.0. The molecular weight excluding hydrogens is 301 g/mol. The molecule has 22 heavy (non-hydrogen) atoms. The van der Waals surface area contributed by atoms with Gasteiger partial charge in [-0.05, 0) is 37.7 Å². The molecule has 0 unspecified atom stereocenters. The van der Waals surface area contributed by atoms with Crippen LogP contribution >= 0.6 is 12.4 Å². The molecule has 1 aliphatic heterocycles. The fraction of sp³-hybridized carbons (Fsp3) is 0.412. The molecule has 5 heteroatoms. The summed E-state index contributed by atoms with van der Waals surface area (Å²) in [5.41, 5.74) is 4.27. The highest BCUT2D eigenvalue weighted by Crippen LogP contribution is 2.29. The Hall–Kier alpha value is -1.52. The first kappa shape index (κ1) is 16.8. The second kappa shape index (κ2) is 6.71. The van der Waals surface area contributed by atoms with E-state index in [1.54, 1.807) is 12.1 Å². The van der Waals surface area contributed by atoms with Crippen LogP contribution in [-0.4, -0.2) is 28.5 Å². The average Bonchev–Trinajstić information content (AvgIpc) is 2.46. The van der Waals surface area contributed by atoms with Gasteiger partial charge >= 0.3 is 0 Å². The number of likely N-dealkylation sites (N-methyl/N-ethyl adjacent to an activating group) is 1. The maximum Gasteiger partial charge on any atom is 0.131 e. The van der Waals surface area contributed by atoms with Crippen LogP contribution in [0.4, 0.5) is 4.39 Å². The first-order valence-electron chi connectivity index (χ1n) is 7.38. The highest BCUT2D eigenvalue weighted by Gasteiger charge is 2.21. The molecule has 0 amide bonds. The molecule has 3 rings (SSSR count). The summed E-state index contributed by atoms with van der Waals surface area (Å²) in [7, 11) is 2.11. The van der Waals surface area contributed by atoms with E-state index >= 15 is 0 Å². The third-order valence-corrected chi connectivity index (χ3v) is 3.91. The maximum absolute atomic E-state index is 13.2. The Bertz CT molecular complexity index is 656. The minimum absolute atomic E-state index is 0. The van der Waals surface area contributed by atoms with Crippen molar-refractivity contribution in [3.05, 3.63) is 47.2 Å². The van der Waals surface area contributed by atoms with E-state index in [1.807, 2.05) is 0 Å². The number of rotatable bonds is 2. The summed E-state index contributed by atoms with van der Waals surface area (Å²) >= 11 is 0. The molecule has 118 valence electrons. The molecule has 1 aromatic heterocycles. The van der Waals surface area contributed by atoms with Gasteiger partial charge in [-0.1, -0.05) is 13.8 Å². The van der Waals surface area contributed by atoms with Crippen molar-refractivity contribution in [1.29, 1.82) is 0 Å². The lowest BCUT2D eigenvalue weighted by Crippen LogP contribution is -2.29. The number of nitrogens with zero attached hydrogens (tertiary/aromatic N) is 3. The topological polar surface area (TPSA) is 29.0 Å². The standard InChI is InChI=1S/C17H20FN3.ClH/c1-11(2)17-19-15-10-21(3)9-8-14(15)16(20-17)12-4-6-13(18)7-5-12;/h4-7,11H,8-10H2,1-3H3;1H. The summed E-state index contributed by atoms with van der Waals surface area (Å²) in [5, 5.41) is 0. The highest BCUT2D eigenvalue weighted by molar-refractivity contribution is 5.85. The van der Waals surface area contributed by atoms with E-state index in [-0.39, 0.29) is 24.1 Å². The molecule has 0 fully saturated rings. The largest absolute Gasteiger partial charge is 0.300 e. The summed E-state index contributed by atoms with van der Waals surface area (Å²) in [6.07, 6.45) is 0.941. The van der Waals surface area contributed by atoms with Crippen LogP contribution in [0.2, 0.25) is 0 Å². The molecule has 0 bridgehead atoms. The van der Waals surface area contributed by atoms with E-state index in [4.69, 9.17) is 9.97 Å². The van der Waals surface area contributed by atoms with Crippen LogP contribution in [0.15, 0.2) is 24.3 Å². The fourth-order valence-electron chi connectivity index (χ4n) is 2.69. The van der Waals surface area contributed by atoms with Crippen molar-refractivity contribution in [2.24, 2.45) is 0 Å². The molecule has 0 saturated heterocycles. The van der Waals surface area contributed by atoms with Crippen LogP contribution in [0.3, 0.4) is 0 Å². The SMILES string of the molecule is CC(C)c1nc2c(c(-c3ccc(F)cc3)n1)CCN(C)C2.Cl. The second-order valence-corrected chi connectivity index (χ2v) is 6.01. The number of fused-ring (bicyclic) bond motifs is 1. The van der Waals surface area contributed by atoms with Gasteiger partial charge in [-0.15, -0.1) is 12.4 Å². The van der Waals surface area contributed by atoms with Crippen LogP contribution in [-0.2, 0) is 13.0 Å². The third kappa shape index (κ3) is 3.28. The van der Waals surface area contributed by atoms with Crippen LogP contribution in [0.1, 0.15) is 36.8 Å². The minimum Gasteiger partial charge on any atom is -0.300 e. The normalized spacial score (nSPS) is 14.6. The van der Waals surface area contributed by atoms with Gasteiger partial charge in [0.15, 0.2) is 0 Å². The number of halogens is 2. The Morgan fingerprint density at radius 2 is 1.82 bits per heavy atom. The summed E-state index contributed by atoms with van der Waals surface area (Å²) in [6.45, 7) is 6.06. The van der Waals surface area contributed by atoms with Gasteiger partial charge in [0.05, 0.1) is 11.4 Å². The van der Waals surface area contributed by atoms with Crippen LogP contribution in [0, 0.1) is 5.82 Å². The zero-order valence-electron chi connectivity index (χ0n) is 13.1. The maximum atomic E-state index is 13.2. The van der Waals surface area contributed by atoms with E-state index in [1.165, 1.54) is 17.7 Å². The van der Waals surface area contributed by atoms with E-state index in [2.05, 4.69) is 25.8 Å². The molecule has 0 N–H and O–H groups in total. The molecule has 0 spiro atoms. The summed E-state index contributed by atoms with van der Waals surface area (Å²) in [6, 6.07) is 6.60. The second-order valence-electron chi connectivity index (χ2n) is 6.01. The Labute approximate surface area is 137 Å². The first-order valence-corrected chi connectivity index (χ1v) is 7.38. The van der Waals surface area contributed by atoms with Crippen LogP contribution in [0.25, 0.3) is 11.3 Å². The van der Waals surface area contributed by atoms with Gasteiger partial charge < -0.3 is 4.90 Å². The van der Waals surface area contributed by atoms with Crippen molar-refractivity contribution >= 4 is 12.4 Å². The monoisotopic (exact) mass is 321 g/mol. The van der Waals surface area contributed by atoms with Crippen molar-refractivity contribution in [2.45, 2.75) is 32.7 Å². The Morgan fingerprint density at radius 3 is 2.45 bits per heavy atom. The van der Waals surface area contributed by atoms with Crippen molar-refractivity contribution in [3.63, 3.8) is 0 Å². The van der Waals surface area contributed by atoms with Gasteiger partial charge in [-0.3, -0.25) is 0 Å². The van der Waals surface area contributed by atoms with Crippen molar-refractivity contribution in [2.75, 3.05) is 13.6 Å². The smallest absolute Gasteiger partial charge is 0.131 e. The average molecular weight is 322 g/mol. The van der Waals surface area contributed by atoms with Crippen LogP contribution < -0.4 is 0 Å². The number of hydrogen-bond donors (Lipinski definition) is 0. The molecule has 0 saturated carbocycles. The van der Waals surface area contributed by atoms with Crippen molar-refractivity contribution < 1.29 is 4.39 Å². The first-order chi connectivity index (χ1) is 10.0. The zero-order valence-corrected chi connectivity index (χ0v) is 14.0. The van der Waals surface area contributed by atoms with E-state index in [0.29, 0.717) is 0 Å². The van der Waals surface area contributed by atoms with Gasteiger partial charge in [0.1, 0.15) is 11.6 Å². The van der Waals surface area contributed by atoms with Gasteiger partial charge in [-0.25, -0.2) is 14.4 Å². The van der Waals surface area contributed by atoms with Crippen molar-refractivity contribution in [3.8, 4) is 11.3 Å². The predicted molar refractivity (Wildman–Crippen MR) is 88.8 cm³/mol. The molecule has 1 aliphatic rings. The number of hydrogen-bond acceptors (Lipinski definition) is 3. The Balaban J connectivity index is 0.00000176. The number of aromatic nitrogens is 2. The Morgan fingerprint density at radius 1 is 1.14 bits per heavy atom. The highest BCUT2D eigenvalue weighted by atomic mass is 35.5. The number of benzene rings is 1. The molecule has 0 atom stereocenters. The van der Waals surface area contributed by atoms with Gasteiger partial charge in [0.2, 0.25) is 0 Å². The minimum atomic E-state index is -0.217. The van der Waals surface area contributed by atoms with Gasteiger partial charge in [0, 0.05) is 30.1 Å². The van der Waals surface area contributed by atoms with E-state index in [0.717, 1.165) is 42.3 Å². The summed E-state index contributed by atoms with van der Waals surface area (Å²) in [5.74, 6) is 0.926. The third-order valence-electron chi connectivity index (χ3n) is 3.91. The quantitative estimate of drug-likeness (QED) is 0.842.